The van der Waals surface area contributed by atoms with Crippen LogP contribution in [0.2, 0.25) is 0 Å². The number of hydrogen-bond acceptors (Lipinski definition) is 2. The molecule has 4 atom stereocenters. The van der Waals surface area contributed by atoms with Crippen molar-refractivity contribution in [1.29, 1.82) is 0 Å². The van der Waals surface area contributed by atoms with Crippen molar-refractivity contribution in [2.75, 3.05) is 6.61 Å². The third-order valence-corrected chi connectivity index (χ3v) is 4.50. The fraction of sp³-hybridized carbons (Fsp3) is 0.750. The Kier molecular flexibility index (Phi) is 1.32. The molecule has 1 aliphatic heterocycles. The molecule has 2 fully saturated rings. The van der Waals surface area contributed by atoms with Crippen LogP contribution in [0, 0.1) is 17.3 Å². The summed E-state index contributed by atoms with van der Waals surface area (Å²) in [4.78, 5) is 12.2. The Morgan fingerprint density at radius 3 is 2.93 bits per heavy atom. The Bertz CT molecular complexity index is 357. The molecule has 1 saturated carbocycles. The van der Waals surface area contributed by atoms with Gasteiger partial charge in [-0.3, -0.25) is 4.79 Å². The van der Waals surface area contributed by atoms with E-state index >= 15 is 0 Å². The summed E-state index contributed by atoms with van der Waals surface area (Å²) in [6.45, 7) is 7.06. The summed E-state index contributed by atoms with van der Waals surface area (Å²) in [5.74, 6) is 0.766. The maximum atomic E-state index is 12.2. The largest absolute Gasteiger partial charge is 0.366 e. The molecule has 0 spiro atoms. The van der Waals surface area contributed by atoms with E-state index in [1.807, 2.05) is 6.92 Å². The first kappa shape index (κ1) is 8.66. The minimum absolute atomic E-state index is 0.137. The van der Waals surface area contributed by atoms with E-state index in [1.165, 1.54) is 5.57 Å². The first-order valence-electron chi connectivity index (χ1n) is 5.34. The average Bonchev–Trinajstić information content (AvgIpc) is 2.34. The van der Waals surface area contributed by atoms with Crippen molar-refractivity contribution in [3.8, 4) is 0 Å². The highest BCUT2D eigenvalue weighted by Gasteiger charge is 2.64. The van der Waals surface area contributed by atoms with Gasteiger partial charge >= 0.3 is 0 Å². The zero-order chi connectivity index (χ0) is 10.1. The van der Waals surface area contributed by atoms with Gasteiger partial charge in [0.25, 0.3) is 0 Å². The second-order valence-corrected chi connectivity index (χ2v) is 5.56. The second-order valence-electron chi connectivity index (χ2n) is 5.56. The summed E-state index contributed by atoms with van der Waals surface area (Å²) >= 11 is 0. The van der Waals surface area contributed by atoms with Gasteiger partial charge in [-0.2, -0.15) is 0 Å². The zero-order valence-electron chi connectivity index (χ0n) is 8.96. The number of ketones is 1. The quantitative estimate of drug-likeness (QED) is 0.548. The SMILES string of the molecule is CC1=C[C@H]2C3(C)CO[C@@]2(C)C(=O)[C@H]1C3. The van der Waals surface area contributed by atoms with E-state index in [0.29, 0.717) is 11.7 Å². The van der Waals surface area contributed by atoms with E-state index in [0.717, 1.165) is 13.0 Å². The Hall–Kier alpha value is -0.630. The van der Waals surface area contributed by atoms with E-state index in [1.54, 1.807) is 0 Å². The van der Waals surface area contributed by atoms with E-state index in [2.05, 4.69) is 19.9 Å². The van der Waals surface area contributed by atoms with Crippen molar-refractivity contribution in [2.45, 2.75) is 32.8 Å². The zero-order valence-corrected chi connectivity index (χ0v) is 8.96. The molecule has 76 valence electrons. The van der Waals surface area contributed by atoms with Gasteiger partial charge in [-0.05, 0) is 20.3 Å². The van der Waals surface area contributed by atoms with Crippen LogP contribution in [0.1, 0.15) is 27.2 Å². The van der Waals surface area contributed by atoms with Crippen molar-refractivity contribution < 1.29 is 9.53 Å². The van der Waals surface area contributed by atoms with Crippen molar-refractivity contribution in [3.05, 3.63) is 11.6 Å². The molecule has 4 aliphatic rings. The molecule has 0 aromatic carbocycles. The number of rotatable bonds is 0. The molecule has 4 rings (SSSR count). The maximum absolute atomic E-state index is 12.2. The number of hydrogen-bond donors (Lipinski definition) is 0. The summed E-state index contributed by atoms with van der Waals surface area (Å²) in [6.07, 6.45) is 3.27. The third-order valence-electron chi connectivity index (χ3n) is 4.50. The van der Waals surface area contributed by atoms with Gasteiger partial charge in [0.05, 0.1) is 6.61 Å². The topological polar surface area (TPSA) is 26.3 Å². The highest BCUT2D eigenvalue weighted by atomic mass is 16.5. The lowest BCUT2D eigenvalue weighted by Crippen LogP contribution is -2.55. The molecule has 0 N–H and O–H groups in total. The summed E-state index contributed by atoms with van der Waals surface area (Å²) in [5.41, 5.74) is 0.977. The molecule has 1 heterocycles. The van der Waals surface area contributed by atoms with Gasteiger partial charge < -0.3 is 4.74 Å². The lowest BCUT2D eigenvalue weighted by atomic mass is 9.54. The van der Waals surface area contributed by atoms with Crippen LogP contribution in [0.5, 0.6) is 0 Å². The molecule has 0 radical (unpaired) electrons. The summed E-state index contributed by atoms with van der Waals surface area (Å²) in [7, 11) is 0. The number of Topliss-reactive ketones (excluding diaryl/α,β-unsaturated/α-hetero) is 1. The molecule has 14 heavy (non-hydrogen) atoms. The fourth-order valence-electron chi connectivity index (χ4n) is 3.58. The summed E-state index contributed by atoms with van der Waals surface area (Å²) in [5, 5.41) is 0. The lowest BCUT2D eigenvalue weighted by molar-refractivity contribution is -0.146. The molecular formula is C12H16O2. The molecule has 2 nitrogen and oxygen atoms in total. The van der Waals surface area contributed by atoms with Crippen LogP contribution in [0.4, 0.5) is 0 Å². The number of ether oxygens (including phenoxy) is 1. The summed E-state index contributed by atoms with van der Waals surface area (Å²) < 4.78 is 5.77. The van der Waals surface area contributed by atoms with E-state index < -0.39 is 5.60 Å². The standard InChI is InChI=1S/C12H16O2/c1-7-4-9-11(2)5-8(7)10(13)12(9,3)14-6-11/h4,8-9H,5-6H2,1-3H3/t8-,9-,11?,12+/m0/s1. The van der Waals surface area contributed by atoms with Gasteiger partial charge in [0.2, 0.25) is 0 Å². The first-order chi connectivity index (χ1) is 6.47. The van der Waals surface area contributed by atoms with Gasteiger partial charge in [0.15, 0.2) is 5.78 Å². The van der Waals surface area contributed by atoms with Crippen LogP contribution in [0.15, 0.2) is 11.6 Å². The third kappa shape index (κ3) is 0.714. The minimum Gasteiger partial charge on any atom is -0.366 e. The number of allylic oxidation sites excluding steroid dienone is 1. The first-order valence-corrected chi connectivity index (χ1v) is 5.34. The van der Waals surface area contributed by atoms with Gasteiger partial charge in [0, 0.05) is 17.3 Å². The molecule has 2 heteroatoms. The van der Waals surface area contributed by atoms with Crippen LogP contribution in [0.3, 0.4) is 0 Å². The molecule has 0 aromatic rings. The Balaban J connectivity index is 2.22. The fourth-order valence-corrected chi connectivity index (χ4v) is 3.58. The van der Waals surface area contributed by atoms with Gasteiger partial charge in [-0.1, -0.05) is 18.6 Å². The number of carbonyl (C=O) groups excluding carboxylic acids is 1. The minimum atomic E-state index is -0.503. The van der Waals surface area contributed by atoms with Crippen LogP contribution in [-0.2, 0) is 9.53 Å². The maximum Gasteiger partial charge on any atom is 0.172 e. The molecule has 1 saturated heterocycles. The van der Waals surface area contributed by atoms with E-state index in [4.69, 9.17) is 4.74 Å². The van der Waals surface area contributed by atoms with E-state index in [-0.39, 0.29) is 11.3 Å². The van der Waals surface area contributed by atoms with E-state index in [9.17, 15) is 4.79 Å². The molecule has 1 unspecified atom stereocenters. The second kappa shape index (κ2) is 2.13. The number of carbonyl (C=O) groups is 1. The normalized spacial score (nSPS) is 55.1. The molecular weight excluding hydrogens is 176 g/mol. The Morgan fingerprint density at radius 2 is 2.21 bits per heavy atom. The summed E-state index contributed by atoms with van der Waals surface area (Å²) in [6, 6.07) is 0. The van der Waals surface area contributed by atoms with Crippen molar-refractivity contribution in [2.24, 2.45) is 17.3 Å². The predicted octanol–water partition coefficient (Wildman–Crippen LogP) is 1.95. The van der Waals surface area contributed by atoms with Crippen LogP contribution >= 0.6 is 0 Å². The highest BCUT2D eigenvalue weighted by molar-refractivity contribution is 5.95. The molecule has 3 aliphatic carbocycles. The monoisotopic (exact) mass is 192 g/mol. The smallest absolute Gasteiger partial charge is 0.172 e. The van der Waals surface area contributed by atoms with Gasteiger partial charge in [0.1, 0.15) is 5.60 Å². The molecule has 4 bridgehead atoms. The Labute approximate surface area is 84.3 Å². The predicted molar refractivity (Wildman–Crippen MR) is 52.8 cm³/mol. The van der Waals surface area contributed by atoms with Crippen molar-refractivity contribution in [3.63, 3.8) is 0 Å². The molecule has 0 amide bonds. The van der Waals surface area contributed by atoms with Crippen LogP contribution < -0.4 is 0 Å². The van der Waals surface area contributed by atoms with Crippen LogP contribution in [-0.4, -0.2) is 18.0 Å². The van der Waals surface area contributed by atoms with Gasteiger partial charge in [-0.25, -0.2) is 0 Å². The van der Waals surface area contributed by atoms with Crippen molar-refractivity contribution in [1.82, 2.24) is 0 Å². The van der Waals surface area contributed by atoms with Crippen LogP contribution in [0.25, 0.3) is 0 Å². The Morgan fingerprint density at radius 1 is 1.50 bits per heavy atom. The lowest BCUT2D eigenvalue weighted by Gasteiger charge is -2.47. The highest BCUT2D eigenvalue weighted by Crippen LogP contribution is 2.59. The average molecular weight is 192 g/mol. The van der Waals surface area contributed by atoms with Gasteiger partial charge in [-0.15, -0.1) is 0 Å². The molecule has 0 aromatic heterocycles. The van der Waals surface area contributed by atoms with Crippen molar-refractivity contribution >= 4 is 5.78 Å².